The molecule has 1 aromatic carbocycles. The van der Waals surface area contributed by atoms with Crippen LogP contribution in [0, 0.1) is 0 Å². The summed E-state index contributed by atoms with van der Waals surface area (Å²) >= 11 is 0. The molecule has 7 nitrogen and oxygen atoms in total. The highest BCUT2D eigenvalue weighted by Crippen LogP contribution is 2.49. The second-order valence-electron chi connectivity index (χ2n) is 9.23. The number of hydrogen-bond donors (Lipinski definition) is 2. The Bertz CT molecular complexity index is 952. The molecule has 0 fully saturated rings. The van der Waals surface area contributed by atoms with E-state index in [0.717, 1.165) is 20.8 Å². The van der Waals surface area contributed by atoms with Gasteiger partial charge in [0.2, 0.25) is 0 Å². The van der Waals surface area contributed by atoms with Crippen molar-refractivity contribution in [2.75, 3.05) is 31.6 Å². The lowest BCUT2D eigenvalue weighted by atomic mass is 10.0. The zero-order chi connectivity index (χ0) is 29.0. The van der Waals surface area contributed by atoms with E-state index in [4.69, 9.17) is 4.74 Å². The third kappa shape index (κ3) is 8.56. The highest BCUT2D eigenvalue weighted by Gasteiger charge is 2.76. The molecule has 0 spiro atoms. The molecule has 0 heterocycles. The molecule has 2 amide bonds. The van der Waals surface area contributed by atoms with Gasteiger partial charge >= 0.3 is 24.2 Å². The number of β-amino-alcohol motifs (C(OH)–C–C–N with tert-alkyl or cyclic N) is 1. The average Bonchev–Trinajstić information content (AvgIpc) is 2.75. The number of anilines is 1. The van der Waals surface area contributed by atoms with E-state index < -0.39 is 59.7 Å². The minimum Gasteiger partial charge on any atom is -0.490 e. The topological polar surface area (TPSA) is 82.1 Å². The van der Waals surface area contributed by atoms with Gasteiger partial charge in [0, 0.05) is 30.9 Å². The standard InChI is InChI=1S/C23H32F7N3O4.HI/c1-7-32(8-2)19(36)31-15-9-10-18(17(11-15)14(3)34)37-13-16(35)12-33(20(4,5)6)23(29,30)21(24,25)22(26,27)28;/h9-11,16,35H,7-8,12-13H2,1-6H3,(H,31,36);1H. The van der Waals surface area contributed by atoms with Gasteiger partial charge in [-0.25, -0.2) is 9.69 Å². The molecule has 0 aliphatic carbocycles. The third-order valence-electron chi connectivity index (χ3n) is 5.37. The number of aliphatic hydroxyl groups excluding tert-OH is 1. The predicted octanol–water partition coefficient (Wildman–Crippen LogP) is 6.01. The lowest BCUT2D eigenvalue weighted by Crippen LogP contribution is -2.66. The summed E-state index contributed by atoms with van der Waals surface area (Å²) in [5, 5.41) is 12.8. The van der Waals surface area contributed by atoms with Crippen molar-refractivity contribution in [2.24, 2.45) is 0 Å². The van der Waals surface area contributed by atoms with Crippen LogP contribution in [0.2, 0.25) is 0 Å². The Kier molecular flexibility index (Phi) is 12.8. The van der Waals surface area contributed by atoms with Gasteiger partial charge in [0.25, 0.3) is 0 Å². The molecule has 2 N–H and O–H groups in total. The van der Waals surface area contributed by atoms with E-state index in [1.807, 2.05) is 0 Å². The van der Waals surface area contributed by atoms with Crippen molar-refractivity contribution < 1.29 is 50.2 Å². The SMILES string of the molecule is CCN(CC)C(=O)Nc1ccc(OCC(O)CN(C(C)(C)C)C(F)(F)C(F)(F)C(F)(F)F)c(C(C)=O)c1.I. The minimum atomic E-state index is -6.54. The van der Waals surface area contributed by atoms with Gasteiger partial charge in [0.05, 0.1) is 5.56 Å². The smallest absolute Gasteiger partial charge is 0.461 e. The van der Waals surface area contributed by atoms with Crippen LogP contribution in [-0.4, -0.2) is 82.8 Å². The van der Waals surface area contributed by atoms with Crippen molar-refractivity contribution in [3.05, 3.63) is 23.8 Å². The molecule has 1 atom stereocenters. The molecule has 1 rings (SSSR count). The number of rotatable bonds is 11. The van der Waals surface area contributed by atoms with Gasteiger partial charge in [-0.1, -0.05) is 0 Å². The zero-order valence-electron chi connectivity index (χ0n) is 21.8. The highest BCUT2D eigenvalue weighted by atomic mass is 127. The number of carbonyl (C=O) groups excluding carboxylic acids is 2. The maximum atomic E-state index is 14.4. The molecule has 0 aliphatic heterocycles. The fraction of sp³-hybridized carbons (Fsp3) is 0.652. The first kappa shape index (κ1) is 36.1. The fourth-order valence-electron chi connectivity index (χ4n) is 3.32. The van der Waals surface area contributed by atoms with Gasteiger partial charge in [-0.05, 0) is 59.7 Å². The van der Waals surface area contributed by atoms with Gasteiger partial charge < -0.3 is 20.1 Å². The van der Waals surface area contributed by atoms with Crippen molar-refractivity contribution in [1.29, 1.82) is 0 Å². The lowest BCUT2D eigenvalue weighted by molar-refractivity contribution is -0.398. The van der Waals surface area contributed by atoms with Crippen LogP contribution in [-0.2, 0) is 0 Å². The van der Waals surface area contributed by atoms with E-state index in [1.54, 1.807) is 13.8 Å². The summed E-state index contributed by atoms with van der Waals surface area (Å²) in [5.74, 6) is -7.04. The van der Waals surface area contributed by atoms with E-state index in [-0.39, 0.29) is 41.0 Å². The fourth-order valence-corrected chi connectivity index (χ4v) is 3.32. The zero-order valence-corrected chi connectivity index (χ0v) is 24.1. The second kappa shape index (κ2) is 13.5. The number of amides is 2. The first-order valence-electron chi connectivity index (χ1n) is 11.3. The molecule has 0 radical (unpaired) electrons. The van der Waals surface area contributed by atoms with Crippen molar-refractivity contribution in [2.45, 2.75) is 71.3 Å². The molecule has 15 heteroatoms. The molecular weight excluding hydrogens is 642 g/mol. The Morgan fingerprint density at radius 2 is 1.55 bits per heavy atom. The third-order valence-corrected chi connectivity index (χ3v) is 5.37. The number of hydrogen-bond acceptors (Lipinski definition) is 5. The largest absolute Gasteiger partial charge is 0.490 e. The number of nitrogens with one attached hydrogen (secondary N) is 1. The van der Waals surface area contributed by atoms with Crippen molar-refractivity contribution in [3.8, 4) is 5.75 Å². The van der Waals surface area contributed by atoms with Gasteiger partial charge in [0.1, 0.15) is 18.5 Å². The normalized spacial score (nSPS) is 13.6. The predicted molar refractivity (Wildman–Crippen MR) is 138 cm³/mol. The maximum absolute atomic E-state index is 14.4. The average molecular weight is 675 g/mol. The van der Waals surface area contributed by atoms with Gasteiger partial charge in [-0.15, -0.1) is 24.0 Å². The van der Waals surface area contributed by atoms with Crippen LogP contribution in [0.4, 0.5) is 41.2 Å². The minimum absolute atomic E-state index is 0. The van der Waals surface area contributed by atoms with Crippen LogP contribution in [0.25, 0.3) is 0 Å². The van der Waals surface area contributed by atoms with Gasteiger partial charge in [-0.3, -0.25) is 4.79 Å². The summed E-state index contributed by atoms with van der Waals surface area (Å²) in [5.41, 5.74) is -1.73. The van der Waals surface area contributed by atoms with Crippen LogP contribution in [0.15, 0.2) is 18.2 Å². The highest BCUT2D eigenvalue weighted by molar-refractivity contribution is 14.0. The summed E-state index contributed by atoms with van der Waals surface area (Å²) in [6.07, 6.45) is -8.49. The van der Waals surface area contributed by atoms with E-state index in [9.17, 15) is 45.4 Å². The van der Waals surface area contributed by atoms with Crippen LogP contribution < -0.4 is 10.1 Å². The Hall–Kier alpha value is -1.88. The molecule has 38 heavy (non-hydrogen) atoms. The molecule has 220 valence electrons. The van der Waals surface area contributed by atoms with Gasteiger partial charge in [-0.2, -0.15) is 30.7 Å². The Morgan fingerprint density at radius 3 is 1.97 bits per heavy atom. The van der Waals surface area contributed by atoms with Crippen LogP contribution in [0.3, 0.4) is 0 Å². The number of nitrogens with zero attached hydrogens (tertiary/aromatic N) is 2. The molecule has 1 unspecified atom stereocenters. The first-order valence-corrected chi connectivity index (χ1v) is 11.3. The number of alkyl halides is 7. The van der Waals surface area contributed by atoms with E-state index >= 15 is 0 Å². The Morgan fingerprint density at radius 1 is 1.03 bits per heavy atom. The number of carbonyl (C=O) groups is 2. The number of ketones is 1. The van der Waals surface area contributed by atoms with E-state index in [2.05, 4.69) is 5.32 Å². The summed E-state index contributed by atoms with van der Waals surface area (Å²) < 4.78 is 99.6. The maximum Gasteiger partial charge on any atom is 0.461 e. The van der Waals surface area contributed by atoms with Crippen LogP contribution in [0.5, 0.6) is 5.75 Å². The van der Waals surface area contributed by atoms with Crippen LogP contribution >= 0.6 is 24.0 Å². The van der Waals surface area contributed by atoms with Crippen LogP contribution in [0.1, 0.15) is 51.9 Å². The number of benzene rings is 1. The number of ether oxygens (including phenoxy) is 1. The monoisotopic (exact) mass is 675 g/mol. The number of aliphatic hydroxyl groups is 1. The van der Waals surface area contributed by atoms with E-state index in [0.29, 0.717) is 13.1 Å². The molecular formula is C23H33F7IN3O4. The molecule has 1 aromatic rings. The summed E-state index contributed by atoms with van der Waals surface area (Å²) in [4.78, 5) is 25.3. The van der Waals surface area contributed by atoms with E-state index in [1.165, 1.54) is 30.0 Å². The molecule has 0 saturated heterocycles. The van der Waals surface area contributed by atoms with Crippen molar-refractivity contribution >= 4 is 41.5 Å². The number of halogens is 8. The van der Waals surface area contributed by atoms with Crippen molar-refractivity contribution in [1.82, 2.24) is 9.80 Å². The first-order chi connectivity index (χ1) is 16.7. The molecule has 0 bridgehead atoms. The quantitative estimate of drug-likeness (QED) is 0.130. The summed E-state index contributed by atoms with van der Waals surface area (Å²) in [6, 6.07) is -2.21. The molecule has 0 aliphatic rings. The van der Waals surface area contributed by atoms with Crippen molar-refractivity contribution in [3.63, 3.8) is 0 Å². The summed E-state index contributed by atoms with van der Waals surface area (Å²) in [7, 11) is 0. The summed E-state index contributed by atoms with van der Waals surface area (Å²) in [6.45, 7) is 6.42. The second-order valence-corrected chi connectivity index (χ2v) is 9.23. The number of Topliss-reactive ketones (excluding diaryl/α,β-unsaturated/α-hetero) is 1. The molecule has 0 aromatic heterocycles. The Balaban J connectivity index is 0.0000137. The Labute approximate surface area is 233 Å². The van der Waals surface area contributed by atoms with Gasteiger partial charge in [0.15, 0.2) is 5.78 Å². The molecule has 0 saturated carbocycles. The lowest BCUT2D eigenvalue weighted by Gasteiger charge is -2.44. The number of urea groups is 1.